The van der Waals surface area contributed by atoms with Crippen molar-refractivity contribution < 1.29 is 22.0 Å². The summed E-state index contributed by atoms with van der Waals surface area (Å²) < 4.78 is 53.9. The van der Waals surface area contributed by atoms with Crippen molar-refractivity contribution in [1.82, 2.24) is 14.5 Å². The van der Waals surface area contributed by atoms with Crippen molar-refractivity contribution >= 4 is 26.8 Å². The molecule has 0 aliphatic carbocycles. The molecule has 0 amide bonds. The van der Waals surface area contributed by atoms with Crippen LogP contribution in [0.2, 0.25) is 0 Å². The Kier molecular flexibility index (Phi) is 5.79. The van der Waals surface area contributed by atoms with Crippen molar-refractivity contribution in [3.63, 3.8) is 0 Å². The van der Waals surface area contributed by atoms with Gasteiger partial charge in [0.2, 0.25) is 15.9 Å². The van der Waals surface area contributed by atoms with E-state index in [0.717, 1.165) is 16.9 Å². The summed E-state index contributed by atoms with van der Waals surface area (Å²) >= 11 is 0. The number of hydrogen-bond donors (Lipinski definition) is 2. The van der Waals surface area contributed by atoms with Crippen LogP contribution in [-0.4, -0.2) is 36.3 Å². The largest absolute Gasteiger partial charge is 0.495 e. The molecule has 12 heteroatoms. The first kappa shape index (κ1) is 24.2. The van der Waals surface area contributed by atoms with Gasteiger partial charge in [-0.15, -0.1) is 0 Å². The number of sulfonamides is 1. The van der Waals surface area contributed by atoms with Crippen molar-refractivity contribution in [2.75, 3.05) is 18.1 Å². The van der Waals surface area contributed by atoms with Gasteiger partial charge in [0.1, 0.15) is 16.8 Å². The number of rotatable bonds is 5. The van der Waals surface area contributed by atoms with E-state index in [-0.39, 0.29) is 39.7 Å². The number of aromatic nitrogens is 3. The number of hydrogen-bond acceptors (Lipinski definition) is 7. The molecule has 0 aliphatic heterocycles. The molecule has 184 valence electrons. The third-order valence-corrected chi connectivity index (χ3v) is 5.80. The summed E-state index contributed by atoms with van der Waals surface area (Å²) in [7, 11) is -2.13. The van der Waals surface area contributed by atoms with E-state index in [1.165, 1.54) is 37.6 Å². The van der Waals surface area contributed by atoms with Crippen molar-refractivity contribution in [1.29, 1.82) is 0 Å². The number of fused-ring (bicyclic) bond motifs is 1. The van der Waals surface area contributed by atoms with Crippen LogP contribution in [0.4, 0.5) is 10.1 Å². The molecule has 0 atom stereocenters. The highest BCUT2D eigenvalue weighted by Crippen LogP contribution is 2.43. The quantitative estimate of drug-likeness (QED) is 0.428. The average Bonchev–Trinajstić information content (AvgIpc) is 3.14. The molecule has 0 spiro atoms. The highest BCUT2D eigenvalue weighted by Gasteiger charge is 2.30. The number of nitrogens with zero attached hydrogens (tertiary/aromatic N) is 2. The van der Waals surface area contributed by atoms with E-state index < -0.39 is 32.5 Å². The van der Waals surface area contributed by atoms with Crippen molar-refractivity contribution in [2.24, 2.45) is 0 Å². The van der Waals surface area contributed by atoms with Crippen LogP contribution in [0.15, 0.2) is 50.5 Å². The molecule has 0 unspecified atom stereocenters. The van der Waals surface area contributed by atoms with E-state index >= 15 is 4.39 Å². The van der Waals surface area contributed by atoms with Crippen molar-refractivity contribution in [3.05, 3.63) is 68.7 Å². The molecule has 0 aliphatic rings. The molecule has 4 aromatic rings. The zero-order chi connectivity index (χ0) is 25.7. The summed E-state index contributed by atoms with van der Waals surface area (Å²) in [5, 5.41) is 0. The van der Waals surface area contributed by atoms with Gasteiger partial charge in [0, 0.05) is 17.8 Å². The summed E-state index contributed by atoms with van der Waals surface area (Å²) in [6.07, 6.45) is 2.20. The number of H-pyrrole nitrogens is 1. The third-order valence-electron chi connectivity index (χ3n) is 5.20. The third kappa shape index (κ3) is 4.69. The van der Waals surface area contributed by atoms with E-state index in [4.69, 9.17) is 9.15 Å². The average molecular weight is 503 g/mol. The standard InChI is InChI=1S/C23H23FN4O6S/c1-23(2,3)13-11-15(28-9-8-17(29)26-22(28)30)19(24)18(20(13)33-4)21-25-14-10-12(27-35(5,31)32)6-7-16(14)34-21/h6-11,27H,1-5H3,(H,26,29,30). The first-order valence-electron chi connectivity index (χ1n) is 10.4. The smallest absolute Gasteiger partial charge is 0.333 e. The van der Waals surface area contributed by atoms with Crippen LogP contribution in [0.5, 0.6) is 5.75 Å². The lowest BCUT2D eigenvalue weighted by Gasteiger charge is -2.25. The molecular weight excluding hydrogens is 479 g/mol. The number of anilines is 1. The number of ether oxygens (including phenoxy) is 1. The van der Waals surface area contributed by atoms with E-state index in [2.05, 4.69) is 14.7 Å². The highest BCUT2D eigenvalue weighted by atomic mass is 32.2. The van der Waals surface area contributed by atoms with Crippen LogP contribution in [-0.2, 0) is 15.4 Å². The SMILES string of the molecule is COc1c(C(C)(C)C)cc(-n2ccc(=O)[nH]c2=O)c(F)c1-c1nc2cc(NS(C)(=O)=O)ccc2o1. The Hall–Kier alpha value is -3.93. The molecule has 35 heavy (non-hydrogen) atoms. The minimum atomic E-state index is -3.52. The number of benzene rings is 2. The fourth-order valence-corrected chi connectivity index (χ4v) is 4.24. The van der Waals surface area contributed by atoms with E-state index in [1.807, 2.05) is 20.8 Å². The number of methoxy groups -OCH3 is 1. The second-order valence-corrected chi connectivity index (χ2v) is 10.7. The predicted molar refractivity (Wildman–Crippen MR) is 129 cm³/mol. The minimum absolute atomic E-state index is 0.123. The Labute approximate surface area is 199 Å². The normalized spacial score (nSPS) is 12.2. The Morgan fingerprint density at radius 2 is 1.89 bits per heavy atom. The van der Waals surface area contributed by atoms with Gasteiger partial charge in [-0.1, -0.05) is 20.8 Å². The van der Waals surface area contributed by atoms with Crippen LogP contribution in [0.1, 0.15) is 26.3 Å². The van der Waals surface area contributed by atoms with Gasteiger partial charge in [0.15, 0.2) is 11.4 Å². The highest BCUT2D eigenvalue weighted by molar-refractivity contribution is 7.92. The number of oxazole rings is 1. The second kappa shape index (κ2) is 8.38. The maximum atomic E-state index is 16.0. The summed E-state index contributed by atoms with van der Waals surface area (Å²) in [4.78, 5) is 30.5. The van der Waals surface area contributed by atoms with Gasteiger partial charge in [-0.25, -0.2) is 22.6 Å². The van der Waals surface area contributed by atoms with E-state index in [9.17, 15) is 18.0 Å². The molecule has 0 bridgehead atoms. The summed E-state index contributed by atoms with van der Waals surface area (Å²) in [6, 6.07) is 7.04. The molecule has 4 rings (SSSR count). The van der Waals surface area contributed by atoms with E-state index in [0.29, 0.717) is 5.56 Å². The molecule has 2 heterocycles. The van der Waals surface area contributed by atoms with Crippen LogP contribution in [0.25, 0.3) is 28.2 Å². The topological polar surface area (TPSA) is 136 Å². The number of nitrogens with one attached hydrogen (secondary N) is 2. The van der Waals surface area contributed by atoms with Gasteiger partial charge in [-0.3, -0.25) is 19.1 Å². The van der Waals surface area contributed by atoms with E-state index in [1.54, 1.807) is 0 Å². The molecule has 0 saturated heterocycles. The maximum Gasteiger partial charge on any atom is 0.333 e. The van der Waals surface area contributed by atoms with Gasteiger partial charge in [-0.2, -0.15) is 0 Å². The Morgan fingerprint density at radius 1 is 1.17 bits per heavy atom. The summed E-state index contributed by atoms with van der Waals surface area (Å²) in [6.45, 7) is 5.67. The van der Waals surface area contributed by atoms with Gasteiger partial charge < -0.3 is 9.15 Å². The van der Waals surface area contributed by atoms with Crippen molar-refractivity contribution in [2.45, 2.75) is 26.2 Å². The van der Waals surface area contributed by atoms with Crippen LogP contribution in [0.3, 0.4) is 0 Å². The fraction of sp³-hybridized carbons (Fsp3) is 0.261. The van der Waals surface area contributed by atoms with Gasteiger partial charge in [0.05, 0.1) is 24.7 Å². The maximum absolute atomic E-state index is 16.0. The molecule has 2 aromatic heterocycles. The molecular formula is C23H23FN4O6S. The Balaban J connectivity index is 2.03. The number of aromatic amines is 1. The lowest BCUT2D eigenvalue weighted by atomic mass is 9.84. The second-order valence-electron chi connectivity index (χ2n) is 8.97. The first-order valence-corrected chi connectivity index (χ1v) is 12.3. The molecule has 10 nitrogen and oxygen atoms in total. The monoisotopic (exact) mass is 502 g/mol. The van der Waals surface area contributed by atoms with Crippen LogP contribution < -0.4 is 20.7 Å². The van der Waals surface area contributed by atoms with Crippen LogP contribution >= 0.6 is 0 Å². The zero-order valence-corrected chi connectivity index (χ0v) is 20.4. The Morgan fingerprint density at radius 3 is 2.49 bits per heavy atom. The van der Waals surface area contributed by atoms with Gasteiger partial charge in [0.25, 0.3) is 5.56 Å². The summed E-state index contributed by atoms with van der Waals surface area (Å²) in [5.41, 5.74) is -0.857. The lowest BCUT2D eigenvalue weighted by molar-refractivity contribution is 0.394. The molecule has 2 aromatic carbocycles. The lowest BCUT2D eigenvalue weighted by Crippen LogP contribution is -2.28. The van der Waals surface area contributed by atoms with Gasteiger partial charge in [-0.05, 0) is 29.7 Å². The molecule has 0 saturated carbocycles. The first-order chi connectivity index (χ1) is 16.3. The van der Waals surface area contributed by atoms with Crippen LogP contribution in [0, 0.1) is 5.82 Å². The molecule has 2 N–H and O–H groups in total. The summed E-state index contributed by atoms with van der Waals surface area (Å²) in [5.74, 6) is -0.821. The Bertz CT molecular complexity index is 1680. The minimum Gasteiger partial charge on any atom is -0.495 e. The molecule has 0 fully saturated rings. The van der Waals surface area contributed by atoms with Gasteiger partial charge >= 0.3 is 5.69 Å². The fourth-order valence-electron chi connectivity index (χ4n) is 3.68. The van der Waals surface area contributed by atoms with Crippen molar-refractivity contribution in [3.8, 4) is 22.9 Å². The zero-order valence-electron chi connectivity index (χ0n) is 19.6. The molecule has 0 radical (unpaired) electrons. The predicted octanol–water partition coefficient (Wildman–Crippen LogP) is 3.15. The number of halogens is 1.